The lowest BCUT2D eigenvalue weighted by molar-refractivity contribution is 0.0692. The Morgan fingerprint density at radius 1 is 1.39 bits per heavy atom. The lowest BCUT2D eigenvalue weighted by atomic mass is 10.1. The fourth-order valence-corrected chi connectivity index (χ4v) is 2.30. The average molecular weight is 270 g/mol. The Labute approximate surface area is 105 Å². The van der Waals surface area contributed by atoms with Gasteiger partial charge in [0.1, 0.15) is 21.6 Å². The predicted octanol–water partition coefficient (Wildman–Crippen LogP) is 2.29. The van der Waals surface area contributed by atoms with Crippen LogP contribution in [0.25, 0.3) is 0 Å². The minimum atomic E-state index is -1.26. The number of aromatic nitrogens is 1. The van der Waals surface area contributed by atoms with Crippen LogP contribution in [-0.2, 0) is 6.42 Å². The molecule has 1 aromatic heterocycles. The van der Waals surface area contributed by atoms with Crippen LogP contribution in [-0.4, -0.2) is 16.1 Å². The van der Waals surface area contributed by atoms with Crippen molar-refractivity contribution in [1.82, 2.24) is 4.98 Å². The first-order valence-corrected chi connectivity index (χ1v) is 5.72. The summed E-state index contributed by atoms with van der Waals surface area (Å²) in [6.07, 6.45) is -0.124. The van der Waals surface area contributed by atoms with E-state index in [0.29, 0.717) is 0 Å². The normalized spacial score (nSPS) is 10.6. The van der Waals surface area contributed by atoms with Gasteiger partial charge in [0.25, 0.3) is 0 Å². The van der Waals surface area contributed by atoms with Gasteiger partial charge in [-0.05, 0) is 12.1 Å². The van der Waals surface area contributed by atoms with Gasteiger partial charge in [-0.3, -0.25) is 0 Å². The second-order valence-electron chi connectivity index (χ2n) is 3.50. The van der Waals surface area contributed by atoms with Gasteiger partial charge in [-0.2, -0.15) is 0 Å². The van der Waals surface area contributed by atoms with Crippen molar-refractivity contribution in [3.8, 4) is 0 Å². The number of carboxylic acid groups (broad SMARTS) is 1. The van der Waals surface area contributed by atoms with Gasteiger partial charge in [-0.15, -0.1) is 11.3 Å². The van der Waals surface area contributed by atoms with Crippen LogP contribution in [0.3, 0.4) is 0 Å². The number of nitrogen functional groups attached to an aromatic ring is 1. The fraction of sp³-hybridized carbons (Fsp3) is 0.0909. The molecule has 2 rings (SSSR count). The molecule has 7 heteroatoms. The molecule has 0 fully saturated rings. The summed E-state index contributed by atoms with van der Waals surface area (Å²) in [7, 11) is 0. The molecule has 0 spiro atoms. The molecule has 2 aromatic rings. The smallest absolute Gasteiger partial charge is 0.357 e. The van der Waals surface area contributed by atoms with Crippen LogP contribution in [0.5, 0.6) is 0 Å². The monoisotopic (exact) mass is 270 g/mol. The van der Waals surface area contributed by atoms with E-state index >= 15 is 0 Å². The van der Waals surface area contributed by atoms with Crippen LogP contribution in [0, 0.1) is 11.6 Å². The Bertz CT molecular complexity index is 593. The van der Waals surface area contributed by atoms with Crippen molar-refractivity contribution in [1.29, 1.82) is 0 Å². The Kier molecular flexibility index (Phi) is 3.24. The number of carboxylic acids is 1. The highest BCUT2D eigenvalue weighted by Crippen LogP contribution is 2.25. The Balaban J connectivity index is 2.35. The van der Waals surface area contributed by atoms with E-state index in [4.69, 9.17) is 10.8 Å². The first-order valence-electron chi connectivity index (χ1n) is 4.90. The van der Waals surface area contributed by atoms with Gasteiger partial charge in [0.15, 0.2) is 5.69 Å². The molecule has 0 saturated carbocycles. The lowest BCUT2D eigenvalue weighted by Gasteiger charge is -2.01. The minimum Gasteiger partial charge on any atom is -0.476 e. The largest absolute Gasteiger partial charge is 0.476 e. The average Bonchev–Trinajstić information content (AvgIpc) is 2.65. The molecular formula is C11H8F2N2O2S. The first kappa shape index (κ1) is 12.4. The van der Waals surface area contributed by atoms with Gasteiger partial charge in [-0.1, -0.05) is 6.07 Å². The maximum absolute atomic E-state index is 13.4. The number of anilines is 1. The number of halogens is 2. The zero-order valence-corrected chi connectivity index (χ0v) is 9.80. The summed E-state index contributed by atoms with van der Waals surface area (Å²) < 4.78 is 26.8. The van der Waals surface area contributed by atoms with Gasteiger partial charge < -0.3 is 10.8 Å². The van der Waals surface area contributed by atoms with E-state index in [9.17, 15) is 13.6 Å². The zero-order valence-electron chi connectivity index (χ0n) is 8.98. The van der Waals surface area contributed by atoms with E-state index in [2.05, 4.69) is 4.98 Å². The van der Waals surface area contributed by atoms with Crippen molar-refractivity contribution in [2.75, 3.05) is 5.73 Å². The number of nitrogens with zero attached hydrogens (tertiary/aromatic N) is 1. The van der Waals surface area contributed by atoms with Crippen molar-refractivity contribution < 1.29 is 18.7 Å². The van der Waals surface area contributed by atoms with Crippen LogP contribution in [0.2, 0.25) is 0 Å². The third kappa shape index (κ3) is 2.30. The quantitative estimate of drug-likeness (QED) is 0.897. The van der Waals surface area contributed by atoms with Crippen molar-refractivity contribution in [2.24, 2.45) is 0 Å². The number of nitrogens with two attached hydrogens (primary N) is 1. The molecule has 3 N–H and O–H groups in total. The summed E-state index contributed by atoms with van der Waals surface area (Å²) in [5, 5.41) is 9.05. The van der Waals surface area contributed by atoms with Gasteiger partial charge >= 0.3 is 5.97 Å². The molecule has 0 radical (unpaired) electrons. The van der Waals surface area contributed by atoms with Crippen LogP contribution in [0.4, 0.5) is 13.8 Å². The Hall–Kier alpha value is -2.02. The van der Waals surface area contributed by atoms with E-state index in [1.54, 1.807) is 0 Å². The molecule has 0 amide bonds. The van der Waals surface area contributed by atoms with E-state index in [1.807, 2.05) is 0 Å². The van der Waals surface area contributed by atoms with E-state index < -0.39 is 17.6 Å². The number of rotatable bonds is 3. The standard InChI is InChI=1S/C11H8F2N2O2S/c12-6-2-1-3-7(13)5(6)4-8-15-9(11(16)17)10(14)18-8/h1-3H,4,14H2,(H,16,17). The third-order valence-electron chi connectivity index (χ3n) is 2.29. The van der Waals surface area contributed by atoms with Gasteiger partial charge in [0.05, 0.1) is 0 Å². The highest BCUT2D eigenvalue weighted by molar-refractivity contribution is 7.15. The predicted molar refractivity (Wildman–Crippen MR) is 62.6 cm³/mol. The second kappa shape index (κ2) is 4.69. The molecule has 0 atom stereocenters. The number of carbonyl (C=O) groups is 1. The molecule has 94 valence electrons. The molecule has 18 heavy (non-hydrogen) atoms. The number of hydrogen-bond donors (Lipinski definition) is 2. The van der Waals surface area contributed by atoms with Crippen LogP contribution >= 0.6 is 11.3 Å². The number of benzene rings is 1. The highest BCUT2D eigenvalue weighted by Gasteiger charge is 2.17. The van der Waals surface area contributed by atoms with Crippen molar-refractivity contribution in [3.05, 3.63) is 46.1 Å². The molecule has 1 aromatic carbocycles. The summed E-state index contributed by atoms with van der Waals surface area (Å²) >= 11 is 0.907. The lowest BCUT2D eigenvalue weighted by Crippen LogP contribution is -2.01. The molecule has 0 aliphatic rings. The highest BCUT2D eigenvalue weighted by atomic mass is 32.1. The molecule has 1 heterocycles. The van der Waals surface area contributed by atoms with Crippen molar-refractivity contribution in [3.63, 3.8) is 0 Å². The third-order valence-corrected chi connectivity index (χ3v) is 3.17. The molecule has 0 aliphatic carbocycles. The van der Waals surface area contributed by atoms with Gasteiger partial charge in [-0.25, -0.2) is 18.6 Å². The van der Waals surface area contributed by atoms with Crippen molar-refractivity contribution in [2.45, 2.75) is 6.42 Å². The molecule has 4 nitrogen and oxygen atoms in total. The maximum Gasteiger partial charge on any atom is 0.357 e. The fourth-order valence-electron chi connectivity index (χ4n) is 1.46. The Morgan fingerprint density at radius 2 is 2.00 bits per heavy atom. The summed E-state index contributed by atoms with van der Waals surface area (Å²) in [5.41, 5.74) is 5.02. The molecular weight excluding hydrogens is 262 g/mol. The zero-order chi connectivity index (χ0) is 13.3. The number of aromatic carboxylic acids is 1. The SMILES string of the molecule is Nc1sc(Cc2c(F)cccc2F)nc1C(=O)O. The van der Waals surface area contributed by atoms with Crippen LogP contribution < -0.4 is 5.73 Å². The summed E-state index contributed by atoms with van der Waals surface area (Å²) in [6.45, 7) is 0. The van der Waals surface area contributed by atoms with Crippen LogP contribution in [0.15, 0.2) is 18.2 Å². The molecule has 0 aliphatic heterocycles. The Morgan fingerprint density at radius 3 is 2.50 bits per heavy atom. The van der Waals surface area contributed by atoms with Gasteiger partial charge in [0.2, 0.25) is 0 Å². The van der Waals surface area contributed by atoms with Crippen molar-refractivity contribution >= 4 is 22.3 Å². The van der Waals surface area contributed by atoms with Gasteiger partial charge in [0, 0.05) is 12.0 Å². The first-order chi connectivity index (χ1) is 8.49. The number of thiazole rings is 1. The number of hydrogen-bond acceptors (Lipinski definition) is 4. The molecule has 0 saturated heterocycles. The summed E-state index contributed by atoms with van der Waals surface area (Å²) in [6, 6.07) is 3.52. The molecule has 0 unspecified atom stereocenters. The second-order valence-corrected chi connectivity index (χ2v) is 4.62. The summed E-state index contributed by atoms with van der Waals surface area (Å²) in [4.78, 5) is 14.5. The van der Waals surface area contributed by atoms with E-state index in [0.717, 1.165) is 23.5 Å². The molecule has 0 bridgehead atoms. The van der Waals surface area contributed by atoms with E-state index in [1.165, 1.54) is 6.07 Å². The summed E-state index contributed by atoms with van der Waals surface area (Å²) in [5.74, 6) is -2.65. The topological polar surface area (TPSA) is 76.2 Å². The minimum absolute atomic E-state index is 0.0225. The maximum atomic E-state index is 13.4. The van der Waals surface area contributed by atoms with Crippen LogP contribution in [0.1, 0.15) is 21.1 Å². The van der Waals surface area contributed by atoms with E-state index in [-0.39, 0.29) is 27.7 Å².